The molecule has 1 aliphatic heterocycles. The molecule has 0 radical (unpaired) electrons. The van der Waals surface area contributed by atoms with Crippen molar-refractivity contribution in [2.75, 3.05) is 5.32 Å². The number of hydrogen-bond acceptors (Lipinski definition) is 6. The smallest absolute Gasteiger partial charge is 0.185 e. The Labute approximate surface area is 143 Å². The van der Waals surface area contributed by atoms with Gasteiger partial charge >= 0.3 is 0 Å². The zero-order chi connectivity index (χ0) is 16.6. The summed E-state index contributed by atoms with van der Waals surface area (Å²) in [4.78, 5) is 4.27. The zero-order valence-corrected chi connectivity index (χ0v) is 13.4. The van der Waals surface area contributed by atoms with Crippen LogP contribution in [0.15, 0.2) is 48.8 Å². The third-order valence-corrected chi connectivity index (χ3v) is 4.45. The molecule has 5 rings (SSSR count). The highest BCUT2D eigenvalue weighted by Gasteiger charge is 2.20. The van der Waals surface area contributed by atoms with Crippen molar-refractivity contribution in [3.8, 4) is 11.4 Å². The second kappa shape index (κ2) is 5.66. The number of benzene rings is 1. The molecule has 8 heteroatoms. The van der Waals surface area contributed by atoms with Crippen LogP contribution in [0.2, 0.25) is 0 Å². The average Bonchev–Trinajstić information content (AvgIpc) is 3.28. The molecule has 8 nitrogen and oxygen atoms in total. The zero-order valence-electron chi connectivity index (χ0n) is 13.4. The molecule has 1 aromatic carbocycles. The van der Waals surface area contributed by atoms with Crippen molar-refractivity contribution in [1.29, 1.82) is 0 Å². The van der Waals surface area contributed by atoms with Gasteiger partial charge in [0.2, 0.25) is 0 Å². The van der Waals surface area contributed by atoms with E-state index in [2.05, 4.69) is 30.7 Å². The van der Waals surface area contributed by atoms with E-state index in [1.165, 1.54) is 0 Å². The first-order valence-electron chi connectivity index (χ1n) is 8.28. The minimum absolute atomic E-state index is 0.274. The van der Waals surface area contributed by atoms with Crippen molar-refractivity contribution in [3.63, 3.8) is 0 Å². The van der Waals surface area contributed by atoms with Gasteiger partial charge in [0.25, 0.3) is 0 Å². The monoisotopic (exact) mass is 332 g/mol. The van der Waals surface area contributed by atoms with Crippen molar-refractivity contribution >= 4 is 11.5 Å². The first-order chi connectivity index (χ1) is 12.4. The Balaban J connectivity index is 1.45. The van der Waals surface area contributed by atoms with Gasteiger partial charge in [0, 0.05) is 18.0 Å². The topological polar surface area (TPSA) is 85.8 Å². The highest BCUT2D eigenvalue weighted by Crippen LogP contribution is 2.19. The third-order valence-electron chi connectivity index (χ3n) is 4.45. The molecule has 0 unspecified atom stereocenters. The van der Waals surface area contributed by atoms with Gasteiger partial charge in [-0.05, 0) is 18.6 Å². The number of nitrogens with one attached hydrogen (secondary N) is 1. The van der Waals surface area contributed by atoms with Crippen LogP contribution >= 0.6 is 0 Å². The fraction of sp³-hybridized carbons (Fsp3) is 0.235. The third kappa shape index (κ3) is 2.51. The SMILES string of the molecule is c1ccc(-c2nnc3ccc(N[C@H]4CCc5ncnn5C4)nn23)cc1. The molecule has 0 bridgehead atoms. The molecular weight excluding hydrogens is 316 g/mol. The maximum Gasteiger partial charge on any atom is 0.185 e. The molecule has 3 aromatic heterocycles. The molecular formula is C17H16N8. The van der Waals surface area contributed by atoms with Crippen LogP contribution in [0.4, 0.5) is 5.82 Å². The van der Waals surface area contributed by atoms with Crippen molar-refractivity contribution < 1.29 is 0 Å². The Kier molecular flexibility index (Phi) is 3.19. The van der Waals surface area contributed by atoms with E-state index in [4.69, 9.17) is 0 Å². The maximum atomic E-state index is 4.68. The van der Waals surface area contributed by atoms with Crippen LogP contribution in [0.5, 0.6) is 0 Å². The summed E-state index contributed by atoms with van der Waals surface area (Å²) in [6.07, 6.45) is 3.54. The molecule has 4 heterocycles. The van der Waals surface area contributed by atoms with Crippen LogP contribution in [-0.4, -0.2) is 40.6 Å². The molecule has 124 valence electrons. The van der Waals surface area contributed by atoms with Crippen LogP contribution in [0.25, 0.3) is 17.0 Å². The van der Waals surface area contributed by atoms with Gasteiger partial charge in [0.1, 0.15) is 18.0 Å². The number of rotatable bonds is 3. The first kappa shape index (κ1) is 14.1. The summed E-state index contributed by atoms with van der Waals surface area (Å²) in [5.74, 6) is 2.59. The lowest BCUT2D eigenvalue weighted by atomic mass is 10.1. The molecule has 25 heavy (non-hydrogen) atoms. The van der Waals surface area contributed by atoms with Gasteiger partial charge in [-0.25, -0.2) is 9.67 Å². The van der Waals surface area contributed by atoms with E-state index in [1.54, 1.807) is 10.8 Å². The lowest BCUT2D eigenvalue weighted by Crippen LogP contribution is -2.32. The minimum Gasteiger partial charge on any atom is -0.364 e. The number of anilines is 1. The Bertz CT molecular complexity index is 1020. The Morgan fingerprint density at radius 1 is 1.04 bits per heavy atom. The maximum absolute atomic E-state index is 4.68. The predicted octanol–water partition coefficient (Wildman–Crippen LogP) is 1.81. The standard InChI is InChI=1S/C17H16N8/c1-2-4-12(5-3-1)17-22-21-16-9-7-14(23-25(16)17)20-13-6-8-15-18-11-19-24(15)10-13/h1-5,7,9,11,13H,6,8,10H2,(H,20,23)/t13-/m0/s1. The second-order valence-electron chi connectivity index (χ2n) is 6.12. The summed E-state index contributed by atoms with van der Waals surface area (Å²) in [6.45, 7) is 0.794. The molecule has 0 saturated heterocycles. The van der Waals surface area contributed by atoms with Gasteiger partial charge in [-0.2, -0.15) is 9.61 Å². The molecule has 0 amide bonds. The molecule has 4 aromatic rings. The average molecular weight is 332 g/mol. The molecule has 1 atom stereocenters. The summed E-state index contributed by atoms with van der Waals surface area (Å²) in [5, 5.41) is 20.9. The summed E-state index contributed by atoms with van der Waals surface area (Å²) >= 11 is 0. The van der Waals surface area contributed by atoms with Crippen molar-refractivity contribution in [2.24, 2.45) is 0 Å². The van der Waals surface area contributed by atoms with E-state index in [-0.39, 0.29) is 6.04 Å². The number of aromatic nitrogens is 7. The quantitative estimate of drug-likeness (QED) is 0.616. The number of nitrogens with zero attached hydrogens (tertiary/aromatic N) is 7. The van der Waals surface area contributed by atoms with E-state index in [9.17, 15) is 0 Å². The molecule has 1 aliphatic rings. The van der Waals surface area contributed by atoms with Crippen LogP contribution in [0, 0.1) is 0 Å². The van der Waals surface area contributed by atoms with Crippen LogP contribution < -0.4 is 5.32 Å². The van der Waals surface area contributed by atoms with Gasteiger partial charge in [-0.1, -0.05) is 30.3 Å². The van der Waals surface area contributed by atoms with E-state index in [1.807, 2.05) is 47.1 Å². The minimum atomic E-state index is 0.274. The highest BCUT2D eigenvalue weighted by atomic mass is 15.4. The summed E-state index contributed by atoms with van der Waals surface area (Å²) in [7, 11) is 0. The molecule has 0 spiro atoms. The van der Waals surface area contributed by atoms with Gasteiger partial charge < -0.3 is 5.32 Å². The summed E-state index contributed by atoms with van der Waals surface area (Å²) < 4.78 is 3.73. The summed E-state index contributed by atoms with van der Waals surface area (Å²) in [5.41, 5.74) is 1.72. The number of hydrogen-bond donors (Lipinski definition) is 1. The van der Waals surface area contributed by atoms with Crippen molar-refractivity contribution in [3.05, 3.63) is 54.6 Å². The van der Waals surface area contributed by atoms with Gasteiger partial charge in [-0.3, -0.25) is 0 Å². The second-order valence-corrected chi connectivity index (χ2v) is 6.12. The van der Waals surface area contributed by atoms with Crippen LogP contribution in [0.1, 0.15) is 12.2 Å². The largest absolute Gasteiger partial charge is 0.364 e. The normalized spacial score (nSPS) is 16.7. The Morgan fingerprint density at radius 3 is 2.88 bits per heavy atom. The Hall–Kier alpha value is -3.29. The highest BCUT2D eigenvalue weighted by molar-refractivity contribution is 5.59. The molecule has 1 N–H and O–H groups in total. The Morgan fingerprint density at radius 2 is 1.96 bits per heavy atom. The number of fused-ring (bicyclic) bond motifs is 2. The lowest BCUT2D eigenvalue weighted by Gasteiger charge is -2.23. The lowest BCUT2D eigenvalue weighted by molar-refractivity contribution is 0.440. The van der Waals surface area contributed by atoms with Gasteiger partial charge in [0.05, 0.1) is 6.54 Å². The summed E-state index contributed by atoms with van der Waals surface area (Å²) in [6, 6.07) is 14.1. The first-order valence-corrected chi connectivity index (χ1v) is 8.28. The predicted molar refractivity (Wildman–Crippen MR) is 92.0 cm³/mol. The molecule has 0 aliphatic carbocycles. The molecule has 0 fully saturated rings. The van der Waals surface area contributed by atoms with Crippen molar-refractivity contribution in [1.82, 2.24) is 34.6 Å². The van der Waals surface area contributed by atoms with Crippen LogP contribution in [-0.2, 0) is 13.0 Å². The molecule has 0 saturated carbocycles. The van der Waals surface area contributed by atoms with Crippen molar-refractivity contribution in [2.45, 2.75) is 25.4 Å². The van der Waals surface area contributed by atoms with E-state index >= 15 is 0 Å². The van der Waals surface area contributed by atoms with Gasteiger partial charge in [0.15, 0.2) is 11.5 Å². The fourth-order valence-corrected chi connectivity index (χ4v) is 3.20. The van der Waals surface area contributed by atoms with E-state index in [0.717, 1.165) is 48.1 Å². The number of aryl methyl sites for hydroxylation is 1. The van der Waals surface area contributed by atoms with Crippen LogP contribution in [0.3, 0.4) is 0 Å². The van der Waals surface area contributed by atoms with E-state index < -0.39 is 0 Å². The van der Waals surface area contributed by atoms with Gasteiger partial charge in [-0.15, -0.1) is 15.3 Å². The van der Waals surface area contributed by atoms with E-state index in [0.29, 0.717) is 0 Å². The fourth-order valence-electron chi connectivity index (χ4n) is 3.20.